The smallest absolute Gasteiger partial charge is 0.242 e. The number of nitrogens with one attached hydrogen (secondary N) is 1. The van der Waals surface area contributed by atoms with Crippen LogP contribution >= 0.6 is 11.6 Å². The monoisotopic (exact) mass is 351 g/mol. The normalized spacial score (nSPS) is 31.2. The average Bonchev–Trinajstić information content (AvgIpc) is 2.67. The molecular formula is C18H19ClFNO3. The van der Waals surface area contributed by atoms with E-state index in [0.717, 1.165) is 6.07 Å². The lowest BCUT2D eigenvalue weighted by Crippen LogP contribution is -2.56. The second-order valence-electron chi connectivity index (χ2n) is 7.46. The average molecular weight is 352 g/mol. The third kappa shape index (κ3) is 2.21. The van der Waals surface area contributed by atoms with Crippen LogP contribution in [0.1, 0.15) is 33.6 Å². The Kier molecular flexibility index (Phi) is 3.83. The Morgan fingerprint density at radius 3 is 2.58 bits per heavy atom. The second-order valence-corrected chi connectivity index (χ2v) is 7.87. The van der Waals surface area contributed by atoms with E-state index in [2.05, 4.69) is 5.32 Å². The van der Waals surface area contributed by atoms with Gasteiger partial charge in [-0.25, -0.2) is 4.39 Å². The van der Waals surface area contributed by atoms with Crippen LogP contribution < -0.4 is 5.32 Å². The van der Waals surface area contributed by atoms with Crippen molar-refractivity contribution >= 4 is 34.8 Å². The van der Waals surface area contributed by atoms with Crippen molar-refractivity contribution in [2.24, 2.45) is 22.7 Å². The molecule has 0 aromatic heterocycles. The number of benzene rings is 1. The largest absolute Gasteiger partial charge is 0.325 e. The molecule has 1 aromatic rings. The van der Waals surface area contributed by atoms with Crippen LogP contribution in [0.2, 0.25) is 5.02 Å². The zero-order valence-electron chi connectivity index (χ0n) is 13.8. The fourth-order valence-corrected chi connectivity index (χ4v) is 4.31. The summed E-state index contributed by atoms with van der Waals surface area (Å²) in [5.74, 6) is -3.51. The van der Waals surface area contributed by atoms with Crippen molar-refractivity contribution in [3.05, 3.63) is 29.0 Å². The van der Waals surface area contributed by atoms with Crippen molar-refractivity contribution in [1.29, 1.82) is 0 Å². The summed E-state index contributed by atoms with van der Waals surface area (Å²) in [5.41, 5.74) is -0.875. The molecule has 2 aliphatic carbocycles. The highest BCUT2D eigenvalue weighted by Crippen LogP contribution is 2.61. The summed E-state index contributed by atoms with van der Waals surface area (Å²) < 4.78 is 13.2. The molecule has 0 saturated heterocycles. The van der Waals surface area contributed by atoms with E-state index in [1.165, 1.54) is 12.1 Å². The van der Waals surface area contributed by atoms with Crippen LogP contribution in [-0.4, -0.2) is 17.5 Å². The van der Waals surface area contributed by atoms with Gasteiger partial charge in [0.15, 0.2) is 17.5 Å². The molecule has 3 rings (SSSR count). The van der Waals surface area contributed by atoms with E-state index in [9.17, 15) is 18.8 Å². The van der Waals surface area contributed by atoms with Gasteiger partial charge in [-0.3, -0.25) is 14.4 Å². The molecule has 3 unspecified atom stereocenters. The van der Waals surface area contributed by atoms with Crippen LogP contribution in [0.25, 0.3) is 0 Å². The van der Waals surface area contributed by atoms with Crippen LogP contribution in [0.15, 0.2) is 18.2 Å². The van der Waals surface area contributed by atoms with Crippen molar-refractivity contribution in [3.63, 3.8) is 0 Å². The topological polar surface area (TPSA) is 63.2 Å². The zero-order valence-corrected chi connectivity index (χ0v) is 14.5. The first-order chi connectivity index (χ1) is 11.1. The van der Waals surface area contributed by atoms with Gasteiger partial charge in [0.1, 0.15) is 5.82 Å². The molecule has 1 aromatic carbocycles. The predicted molar refractivity (Wildman–Crippen MR) is 88.2 cm³/mol. The molecule has 0 radical (unpaired) electrons. The van der Waals surface area contributed by atoms with Crippen molar-refractivity contribution in [2.75, 3.05) is 5.32 Å². The van der Waals surface area contributed by atoms with E-state index in [0.29, 0.717) is 12.8 Å². The van der Waals surface area contributed by atoms with Gasteiger partial charge in [-0.1, -0.05) is 32.4 Å². The lowest BCUT2D eigenvalue weighted by Gasteiger charge is -2.46. The van der Waals surface area contributed by atoms with Crippen molar-refractivity contribution in [1.82, 2.24) is 0 Å². The summed E-state index contributed by atoms with van der Waals surface area (Å²) in [5, 5.41) is 2.39. The molecule has 6 heteroatoms. The summed E-state index contributed by atoms with van der Waals surface area (Å²) in [7, 11) is 0. The van der Waals surface area contributed by atoms with Gasteiger partial charge in [0.2, 0.25) is 5.91 Å². The van der Waals surface area contributed by atoms with E-state index in [1.807, 2.05) is 20.8 Å². The van der Waals surface area contributed by atoms with Gasteiger partial charge in [0.05, 0.1) is 5.02 Å². The van der Waals surface area contributed by atoms with Crippen LogP contribution in [0.5, 0.6) is 0 Å². The fourth-order valence-electron chi connectivity index (χ4n) is 4.12. The summed E-state index contributed by atoms with van der Waals surface area (Å²) in [6.45, 7) is 5.69. The van der Waals surface area contributed by atoms with Crippen molar-refractivity contribution in [3.8, 4) is 0 Å². The number of rotatable bonds is 2. The summed E-state index contributed by atoms with van der Waals surface area (Å²) in [4.78, 5) is 38.2. The quantitative estimate of drug-likeness (QED) is 0.827. The van der Waals surface area contributed by atoms with Gasteiger partial charge in [0, 0.05) is 17.0 Å². The number of hydrogen-bond donors (Lipinski definition) is 1. The number of anilines is 1. The third-order valence-corrected chi connectivity index (χ3v) is 6.40. The highest BCUT2D eigenvalue weighted by Gasteiger charge is 2.66. The minimum absolute atomic E-state index is 0.137. The van der Waals surface area contributed by atoms with E-state index >= 15 is 0 Å². The molecule has 1 amide bonds. The number of hydrogen-bond acceptors (Lipinski definition) is 3. The first-order valence-corrected chi connectivity index (χ1v) is 8.31. The lowest BCUT2D eigenvalue weighted by molar-refractivity contribution is -0.156. The van der Waals surface area contributed by atoms with Gasteiger partial charge in [0.25, 0.3) is 0 Å². The fraction of sp³-hybridized carbons (Fsp3) is 0.500. The van der Waals surface area contributed by atoms with Crippen LogP contribution in [0.3, 0.4) is 0 Å². The number of Topliss-reactive ketones (excluding diaryl/α,β-unsaturated/α-hetero) is 2. The second kappa shape index (κ2) is 5.38. The Balaban J connectivity index is 1.89. The van der Waals surface area contributed by atoms with E-state index in [1.54, 1.807) is 0 Å². The number of halogens is 2. The Labute approximate surface area is 144 Å². The maximum atomic E-state index is 13.2. The van der Waals surface area contributed by atoms with Crippen molar-refractivity contribution < 1.29 is 18.8 Å². The SMILES string of the molecule is CC12CCC(C(=O)C(C(=O)Nc3ccc(F)c(Cl)c3)C1=O)C2(C)C. The van der Waals surface area contributed by atoms with E-state index < -0.39 is 28.5 Å². The number of amides is 1. The molecule has 2 bridgehead atoms. The van der Waals surface area contributed by atoms with Gasteiger partial charge in [-0.05, 0) is 36.5 Å². The molecule has 0 heterocycles. The minimum atomic E-state index is -1.31. The van der Waals surface area contributed by atoms with Gasteiger partial charge in [-0.2, -0.15) is 0 Å². The predicted octanol–water partition coefficient (Wildman–Crippen LogP) is 3.63. The summed E-state index contributed by atoms with van der Waals surface area (Å²) in [6.07, 6.45) is 1.24. The molecule has 4 nitrogen and oxygen atoms in total. The maximum Gasteiger partial charge on any atom is 0.242 e. The maximum absolute atomic E-state index is 13.2. The minimum Gasteiger partial charge on any atom is -0.325 e. The van der Waals surface area contributed by atoms with Crippen LogP contribution in [-0.2, 0) is 14.4 Å². The Morgan fingerprint density at radius 2 is 1.96 bits per heavy atom. The lowest BCUT2D eigenvalue weighted by atomic mass is 9.55. The molecule has 24 heavy (non-hydrogen) atoms. The Bertz CT molecular complexity index is 761. The summed E-state index contributed by atoms with van der Waals surface area (Å²) in [6, 6.07) is 3.72. The molecule has 2 fully saturated rings. The van der Waals surface area contributed by atoms with Gasteiger partial charge < -0.3 is 5.32 Å². The molecule has 2 aliphatic rings. The zero-order chi connectivity index (χ0) is 17.9. The molecule has 2 saturated carbocycles. The number of carbonyl (C=O) groups is 3. The first-order valence-electron chi connectivity index (χ1n) is 7.93. The number of fused-ring (bicyclic) bond motifs is 2. The van der Waals surface area contributed by atoms with Crippen LogP contribution in [0, 0.1) is 28.5 Å². The third-order valence-electron chi connectivity index (χ3n) is 6.11. The molecule has 128 valence electrons. The number of carbonyl (C=O) groups excluding carboxylic acids is 3. The van der Waals surface area contributed by atoms with Crippen LogP contribution in [0.4, 0.5) is 10.1 Å². The Hall–Kier alpha value is -1.75. The number of ketones is 2. The van der Waals surface area contributed by atoms with Crippen molar-refractivity contribution in [2.45, 2.75) is 33.6 Å². The van der Waals surface area contributed by atoms with E-state index in [4.69, 9.17) is 11.6 Å². The molecular weight excluding hydrogens is 333 g/mol. The molecule has 0 aliphatic heterocycles. The molecule has 3 atom stereocenters. The molecule has 1 N–H and O–H groups in total. The Morgan fingerprint density at radius 1 is 1.29 bits per heavy atom. The first kappa shape index (κ1) is 17.1. The summed E-state index contributed by atoms with van der Waals surface area (Å²) >= 11 is 5.70. The standard InChI is InChI=1S/C18H19ClFNO3/c1-17(2)10-6-7-18(17,3)15(23)13(14(10)22)16(24)21-9-4-5-12(20)11(19)8-9/h4-5,8,10,13H,6-7H2,1-3H3,(H,21,24). The van der Waals surface area contributed by atoms with Gasteiger partial charge in [-0.15, -0.1) is 0 Å². The highest BCUT2D eigenvalue weighted by atomic mass is 35.5. The van der Waals surface area contributed by atoms with Gasteiger partial charge >= 0.3 is 0 Å². The van der Waals surface area contributed by atoms with E-state index in [-0.39, 0.29) is 28.2 Å². The highest BCUT2D eigenvalue weighted by molar-refractivity contribution is 6.31. The molecule has 0 spiro atoms.